The van der Waals surface area contributed by atoms with Crippen LogP contribution in [-0.4, -0.2) is 24.4 Å². The van der Waals surface area contributed by atoms with Gasteiger partial charge in [0.2, 0.25) is 0 Å². The molecule has 2 atom stereocenters. The van der Waals surface area contributed by atoms with Crippen LogP contribution in [0, 0.1) is 11.3 Å². The van der Waals surface area contributed by atoms with Crippen molar-refractivity contribution in [1.82, 2.24) is 0 Å². The standard InChI is InChI=1S/C14H26O2/c1-11(2)12-6-7-14(3,4)10-13(12)16-9-5-8-15/h12-13,15H,1,5-10H2,2-4H3. The largest absolute Gasteiger partial charge is 0.396 e. The minimum atomic E-state index is 0.216. The van der Waals surface area contributed by atoms with Gasteiger partial charge in [0.1, 0.15) is 0 Å². The molecule has 0 aliphatic heterocycles. The molecule has 16 heavy (non-hydrogen) atoms. The van der Waals surface area contributed by atoms with Crippen LogP contribution in [0.4, 0.5) is 0 Å². The van der Waals surface area contributed by atoms with Gasteiger partial charge in [0.15, 0.2) is 0 Å². The Morgan fingerprint density at radius 2 is 2.19 bits per heavy atom. The fourth-order valence-electron chi connectivity index (χ4n) is 2.56. The molecule has 0 bridgehead atoms. The fourth-order valence-corrected chi connectivity index (χ4v) is 2.56. The highest BCUT2D eigenvalue weighted by Crippen LogP contribution is 2.41. The van der Waals surface area contributed by atoms with Crippen molar-refractivity contribution >= 4 is 0 Å². The van der Waals surface area contributed by atoms with Gasteiger partial charge in [-0.1, -0.05) is 26.0 Å². The molecule has 1 saturated carbocycles. The summed E-state index contributed by atoms with van der Waals surface area (Å²) in [5.41, 5.74) is 1.63. The molecule has 1 aliphatic rings. The third-order valence-electron chi connectivity index (χ3n) is 3.60. The lowest BCUT2D eigenvalue weighted by Crippen LogP contribution is -2.36. The monoisotopic (exact) mass is 226 g/mol. The van der Waals surface area contributed by atoms with Crippen molar-refractivity contribution in [2.45, 2.75) is 52.6 Å². The molecule has 0 aromatic carbocycles. The zero-order chi connectivity index (χ0) is 12.2. The lowest BCUT2D eigenvalue weighted by Gasteiger charge is -2.41. The molecule has 0 heterocycles. The molecule has 1 aliphatic carbocycles. The van der Waals surface area contributed by atoms with Crippen molar-refractivity contribution in [3.63, 3.8) is 0 Å². The van der Waals surface area contributed by atoms with Crippen LogP contribution < -0.4 is 0 Å². The first-order valence-corrected chi connectivity index (χ1v) is 6.34. The second kappa shape index (κ2) is 5.83. The number of aliphatic hydroxyl groups is 1. The molecule has 1 fully saturated rings. The first-order valence-electron chi connectivity index (χ1n) is 6.34. The van der Waals surface area contributed by atoms with Gasteiger partial charge in [-0.05, 0) is 38.0 Å². The molecule has 1 N–H and O–H groups in total. The lowest BCUT2D eigenvalue weighted by molar-refractivity contribution is -0.0368. The Bertz CT molecular complexity index is 233. The zero-order valence-electron chi connectivity index (χ0n) is 11.0. The highest BCUT2D eigenvalue weighted by Gasteiger charge is 2.35. The van der Waals surface area contributed by atoms with Crippen molar-refractivity contribution in [2.75, 3.05) is 13.2 Å². The van der Waals surface area contributed by atoms with E-state index in [1.54, 1.807) is 0 Å². The average Bonchev–Trinajstić information content (AvgIpc) is 2.16. The maximum Gasteiger partial charge on any atom is 0.0645 e. The number of hydrogen-bond acceptors (Lipinski definition) is 2. The van der Waals surface area contributed by atoms with Crippen LogP contribution in [0.3, 0.4) is 0 Å². The van der Waals surface area contributed by atoms with E-state index in [-0.39, 0.29) is 6.61 Å². The van der Waals surface area contributed by atoms with E-state index in [0.29, 0.717) is 24.0 Å². The Morgan fingerprint density at radius 3 is 2.75 bits per heavy atom. The quantitative estimate of drug-likeness (QED) is 0.576. The smallest absolute Gasteiger partial charge is 0.0645 e. The maximum absolute atomic E-state index is 8.78. The fraction of sp³-hybridized carbons (Fsp3) is 0.857. The molecule has 0 spiro atoms. The predicted octanol–water partition coefficient (Wildman–Crippen LogP) is 3.16. The van der Waals surface area contributed by atoms with E-state index in [0.717, 1.165) is 12.8 Å². The van der Waals surface area contributed by atoms with Gasteiger partial charge in [-0.15, -0.1) is 0 Å². The van der Waals surface area contributed by atoms with Gasteiger partial charge in [0.25, 0.3) is 0 Å². The van der Waals surface area contributed by atoms with Crippen LogP contribution in [0.5, 0.6) is 0 Å². The van der Waals surface area contributed by atoms with Gasteiger partial charge < -0.3 is 9.84 Å². The second-order valence-electron chi connectivity index (χ2n) is 5.85. The van der Waals surface area contributed by atoms with Crippen LogP contribution >= 0.6 is 0 Å². The van der Waals surface area contributed by atoms with Crippen molar-refractivity contribution < 1.29 is 9.84 Å². The van der Waals surface area contributed by atoms with Gasteiger partial charge in [0.05, 0.1) is 6.10 Å². The molecule has 0 aromatic heterocycles. The van der Waals surface area contributed by atoms with Gasteiger partial charge >= 0.3 is 0 Å². The summed E-state index contributed by atoms with van der Waals surface area (Å²) in [4.78, 5) is 0. The first-order chi connectivity index (χ1) is 7.46. The Labute approximate surface area is 99.7 Å². The van der Waals surface area contributed by atoms with Gasteiger partial charge in [0, 0.05) is 19.1 Å². The minimum Gasteiger partial charge on any atom is -0.396 e. The molecule has 94 valence electrons. The third-order valence-corrected chi connectivity index (χ3v) is 3.60. The summed E-state index contributed by atoms with van der Waals surface area (Å²) in [6.07, 6.45) is 4.58. The summed E-state index contributed by atoms with van der Waals surface area (Å²) in [7, 11) is 0. The van der Waals surface area contributed by atoms with Crippen LogP contribution in [0.1, 0.15) is 46.5 Å². The van der Waals surface area contributed by atoms with Crippen molar-refractivity contribution in [3.8, 4) is 0 Å². The van der Waals surface area contributed by atoms with Crippen molar-refractivity contribution in [1.29, 1.82) is 0 Å². The molecule has 2 unspecified atom stereocenters. The molecule has 0 saturated heterocycles. The molecule has 0 radical (unpaired) electrons. The highest BCUT2D eigenvalue weighted by molar-refractivity contribution is 5.03. The molecule has 0 aromatic rings. The number of hydrogen-bond donors (Lipinski definition) is 1. The van der Waals surface area contributed by atoms with E-state index in [1.807, 2.05) is 0 Å². The van der Waals surface area contributed by atoms with Crippen LogP contribution in [0.2, 0.25) is 0 Å². The summed E-state index contributed by atoms with van der Waals surface area (Å²) in [6.45, 7) is 11.7. The Morgan fingerprint density at radius 1 is 1.50 bits per heavy atom. The summed E-state index contributed by atoms with van der Waals surface area (Å²) in [6, 6.07) is 0. The third kappa shape index (κ3) is 3.91. The maximum atomic E-state index is 8.78. The molecular formula is C14H26O2. The van der Waals surface area contributed by atoms with Gasteiger partial charge in [-0.2, -0.15) is 0 Å². The van der Waals surface area contributed by atoms with Crippen molar-refractivity contribution in [2.24, 2.45) is 11.3 Å². The van der Waals surface area contributed by atoms with Crippen LogP contribution in [0.15, 0.2) is 12.2 Å². The Kier molecular flexibility index (Phi) is 5.00. The predicted molar refractivity (Wildman–Crippen MR) is 67.4 cm³/mol. The normalized spacial score (nSPS) is 29.0. The zero-order valence-corrected chi connectivity index (χ0v) is 11.0. The number of rotatable bonds is 5. The SMILES string of the molecule is C=C(C)C1CCC(C)(C)CC1OCCCO. The summed E-state index contributed by atoms with van der Waals surface area (Å²) < 4.78 is 5.91. The molecule has 1 rings (SSSR count). The summed E-state index contributed by atoms with van der Waals surface area (Å²) in [5, 5.41) is 8.78. The summed E-state index contributed by atoms with van der Waals surface area (Å²) >= 11 is 0. The highest BCUT2D eigenvalue weighted by atomic mass is 16.5. The van der Waals surface area contributed by atoms with E-state index in [4.69, 9.17) is 9.84 Å². The molecule has 2 nitrogen and oxygen atoms in total. The van der Waals surface area contributed by atoms with Crippen LogP contribution in [-0.2, 0) is 4.74 Å². The topological polar surface area (TPSA) is 29.5 Å². The molecule has 2 heteroatoms. The summed E-state index contributed by atoms with van der Waals surface area (Å²) in [5.74, 6) is 0.506. The van der Waals surface area contributed by atoms with E-state index in [2.05, 4.69) is 27.4 Å². The van der Waals surface area contributed by atoms with E-state index < -0.39 is 0 Å². The van der Waals surface area contributed by atoms with Crippen LogP contribution in [0.25, 0.3) is 0 Å². The Balaban J connectivity index is 2.54. The van der Waals surface area contributed by atoms with E-state index in [1.165, 1.54) is 18.4 Å². The van der Waals surface area contributed by atoms with E-state index in [9.17, 15) is 0 Å². The number of aliphatic hydroxyl groups excluding tert-OH is 1. The Hall–Kier alpha value is -0.340. The minimum absolute atomic E-state index is 0.216. The number of ether oxygens (including phenoxy) is 1. The lowest BCUT2D eigenvalue weighted by atomic mass is 9.70. The second-order valence-corrected chi connectivity index (χ2v) is 5.85. The average molecular weight is 226 g/mol. The first kappa shape index (κ1) is 13.7. The molecule has 0 amide bonds. The van der Waals surface area contributed by atoms with E-state index >= 15 is 0 Å². The van der Waals surface area contributed by atoms with Gasteiger partial charge in [-0.25, -0.2) is 0 Å². The van der Waals surface area contributed by atoms with Gasteiger partial charge in [-0.3, -0.25) is 0 Å². The van der Waals surface area contributed by atoms with Crippen molar-refractivity contribution in [3.05, 3.63) is 12.2 Å². The molecular weight excluding hydrogens is 200 g/mol.